The predicted octanol–water partition coefficient (Wildman–Crippen LogP) is 2.67. The van der Waals surface area contributed by atoms with E-state index in [1.165, 1.54) is 15.1 Å². The molecule has 0 aliphatic heterocycles. The molecule has 0 unspecified atom stereocenters. The molecule has 0 saturated heterocycles. The third-order valence-electron chi connectivity index (χ3n) is 4.71. The minimum Gasteiger partial charge on any atom is -0.497 e. The van der Waals surface area contributed by atoms with Gasteiger partial charge in [0.2, 0.25) is 0 Å². The number of aromatic nitrogens is 2. The second kappa shape index (κ2) is 9.95. The number of nitrogens with zero attached hydrogens (tertiary/aromatic N) is 3. The minimum atomic E-state index is -3.89. The molecule has 1 atom stereocenters. The first-order chi connectivity index (χ1) is 14.8. The first-order valence-electron chi connectivity index (χ1n) is 9.79. The Bertz CT molecular complexity index is 1030. The highest BCUT2D eigenvalue weighted by molar-refractivity contribution is 7.89. The third kappa shape index (κ3) is 5.84. The van der Waals surface area contributed by atoms with Crippen molar-refractivity contribution in [2.75, 3.05) is 14.2 Å². The van der Waals surface area contributed by atoms with Crippen molar-refractivity contribution in [3.05, 3.63) is 71.9 Å². The number of aliphatic hydroxyl groups is 1. The topological polar surface area (TPSA) is 93.9 Å². The molecule has 0 spiro atoms. The summed E-state index contributed by atoms with van der Waals surface area (Å²) in [4.78, 5) is 0. The van der Waals surface area contributed by atoms with Crippen LogP contribution in [0.25, 0.3) is 0 Å². The SMILES string of the molecule is COc1ccc(CN(Cc2ccc(OC)cc2)S(=O)(=O)c2ccn(C[C@H](C)O)n2)cc1. The van der Waals surface area contributed by atoms with Crippen LogP contribution in [0.3, 0.4) is 0 Å². The average Bonchev–Trinajstić information content (AvgIpc) is 3.23. The van der Waals surface area contributed by atoms with Crippen molar-refractivity contribution in [1.29, 1.82) is 0 Å². The second-order valence-electron chi connectivity index (χ2n) is 7.19. The number of benzene rings is 2. The van der Waals surface area contributed by atoms with Gasteiger partial charge in [-0.3, -0.25) is 4.68 Å². The van der Waals surface area contributed by atoms with Crippen molar-refractivity contribution in [2.24, 2.45) is 0 Å². The molecule has 3 rings (SSSR count). The molecule has 0 aliphatic rings. The van der Waals surface area contributed by atoms with Gasteiger partial charge in [-0.1, -0.05) is 24.3 Å². The molecule has 0 fully saturated rings. The summed E-state index contributed by atoms with van der Waals surface area (Å²) in [5.74, 6) is 1.40. The number of methoxy groups -OCH3 is 2. The molecule has 1 heterocycles. The van der Waals surface area contributed by atoms with Crippen LogP contribution in [0.5, 0.6) is 11.5 Å². The first kappa shape index (κ1) is 22.8. The maximum absolute atomic E-state index is 13.4. The molecule has 0 bridgehead atoms. The fourth-order valence-electron chi connectivity index (χ4n) is 3.08. The number of rotatable bonds is 10. The molecule has 166 valence electrons. The van der Waals surface area contributed by atoms with Gasteiger partial charge in [-0.2, -0.15) is 9.40 Å². The summed E-state index contributed by atoms with van der Waals surface area (Å²) in [7, 11) is -0.722. The Labute approximate surface area is 182 Å². The van der Waals surface area contributed by atoms with Crippen LogP contribution < -0.4 is 9.47 Å². The maximum Gasteiger partial charge on any atom is 0.262 e. The summed E-state index contributed by atoms with van der Waals surface area (Å²) >= 11 is 0. The molecular weight excluding hydrogens is 418 g/mol. The van der Waals surface area contributed by atoms with Crippen LogP contribution in [0, 0.1) is 0 Å². The van der Waals surface area contributed by atoms with E-state index < -0.39 is 16.1 Å². The van der Waals surface area contributed by atoms with E-state index in [1.807, 2.05) is 24.3 Å². The summed E-state index contributed by atoms with van der Waals surface area (Å²) in [6.45, 7) is 2.17. The van der Waals surface area contributed by atoms with E-state index in [-0.39, 0.29) is 24.7 Å². The highest BCUT2D eigenvalue weighted by atomic mass is 32.2. The zero-order valence-electron chi connectivity index (χ0n) is 17.8. The molecular formula is C22H27N3O5S. The summed E-state index contributed by atoms with van der Waals surface area (Å²) < 4.78 is 40.0. The molecule has 3 aromatic rings. The number of hydrogen-bond donors (Lipinski definition) is 1. The molecule has 8 nitrogen and oxygen atoms in total. The van der Waals surface area contributed by atoms with Gasteiger partial charge in [0.05, 0.1) is 26.9 Å². The second-order valence-corrected chi connectivity index (χ2v) is 9.08. The first-order valence-corrected chi connectivity index (χ1v) is 11.2. The Morgan fingerprint density at radius 3 is 1.84 bits per heavy atom. The number of aliphatic hydroxyl groups excluding tert-OH is 1. The lowest BCUT2D eigenvalue weighted by Gasteiger charge is -2.21. The van der Waals surface area contributed by atoms with Crippen LogP contribution in [-0.2, 0) is 29.7 Å². The summed E-state index contributed by atoms with van der Waals surface area (Å²) in [5, 5.41) is 13.7. The Hall–Kier alpha value is -2.88. The van der Waals surface area contributed by atoms with Gasteiger partial charge < -0.3 is 14.6 Å². The Balaban J connectivity index is 1.91. The highest BCUT2D eigenvalue weighted by Gasteiger charge is 2.27. The van der Waals surface area contributed by atoms with Gasteiger partial charge in [-0.15, -0.1) is 0 Å². The predicted molar refractivity (Wildman–Crippen MR) is 116 cm³/mol. The molecule has 31 heavy (non-hydrogen) atoms. The standard InChI is InChI=1S/C22H27N3O5S/c1-17(26)14-24-13-12-22(23-24)31(27,28)25(15-18-4-8-20(29-2)9-5-18)16-19-6-10-21(30-3)11-7-19/h4-13,17,26H,14-16H2,1-3H3/t17-/m0/s1. The van der Waals surface area contributed by atoms with Gasteiger partial charge in [0.15, 0.2) is 5.03 Å². The van der Waals surface area contributed by atoms with Crippen molar-refractivity contribution in [3.63, 3.8) is 0 Å². The lowest BCUT2D eigenvalue weighted by atomic mass is 10.2. The molecule has 0 radical (unpaired) electrons. The molecule has 0 aliphatic carbocycles. The molecule has 1 aromatic heterocycles. The van der Waals surface area contributed by atoms with Gasteiger partial charge in [-0.05, 0) is 48.4 Å². The van der Waals surface area contributed by atoms with Crippen molar-refractivity contribution in [1.82, 2.24) is 14.1 Å². The van der Waals surface area contributed by atoms with Crippen LogP contribution in [0.4, 0.5) is 0 Å². The van der Waals surface area contributed by atoms with E-state index in [4.69, 9.17) is 9.47 Å². The van der Waals surface area contributed by atoms with E-state index in [9.17, 15) is 13.5 Å². The maximum atomic E-state index is 13.4. The van der Waals surface area contributed by atoms with Crippen LogP contribution in [0.15, 0.2) is 65.8 Å². The third-order valence-corrected chi connectivity index (χ3v) is 6.39. The zero-order valence-corrected chi connectivity index (χ0v) is 18.6. The van der Waals surface area contributed by atoms with Crippen molar-refractivity contribution >= 4 is 10.0 Å². The van der Waals surface area contributed by atoms with Crippen molar-refractivity contribution in [3.8, 4) is 11.5 Å². The lowest BCUT2D eigenvalue weighted by molar-refractivity contribution is 0.168. The zero-order chi connectivity index (χ0) is 22.4. The fourth-order valence-corrected chi connectivity index (χ4v) is 4.42. The summed E-state index contributed by atoms with van der Waals surface area (Å²) in [6.07, 6.45) is 0.920. The van der Waals surface area contributed by atoms with Gasteiger partial charge in [0.1, 0.15) is 11.5 Å². The lowest BCUT2D eigenvalue weighted by Crippen LogP contribution is -2.30. The fraction of sp³-hybridized carbons (Fsp3) is 0.318. The minimum absolute atomic E-state index is 0.0600. The highest BCUT2D eigenvalue weighted by Crippen LogP contribution is 2.22. The molecule has 9 heteroatoms. The largest absolute Gasteiger partial charge is 0.497 e. The van der Waals surface area contributed by atoms with Crippen molar-refractivity contribution < 1.29 is 23.0 Å². The smallest absolute Gasteiger partial charge is 0.262 e. The number of ether oxygens (including phenoxy) is 2. The van der Waals surface area contributed by atoms with Crippen LogP contribution >= 0.6 is 0 Å². The van der Waals surface area contributed by atoms with E-state index >= 15 is 0 Å². The van der Waals surface area contributed by atoms with E-state index in [0.717, 1.165) is 11.1 Å². The van der Waals surface area contributed by atoms with E-state index in [1.54, 1.807) is 51.6 Å². The molecule has 2 aromatic carbocycles. The van der Waals surface area contributed by atoms with Gasteiger partial charge >= 0.3 is 0 Å². The quantitative estimate of drug-likeness (QED) is 0.516. The Morgan fingerprint density at radius 2 is 1.42 bits per heavy atom. The van der Waals surface area contributed by atoms with E-state index in [2.05, 4.69) is 5.10 Å². The van der Waals surface area contributed by atoms with Crippen molar-refractivity contribution in [2.45, 2.75) is 37.7 Å². The summed E-state index contributed by atoms with van der Waals surface area (Å²) in [6, 6.07) is 16.0. The Morgan fingerprint density at radius 1 is 0.935 bits per heavy atom. The van der Waals surface area contributed by atoms with Gasteiger partial charge in [-0.25, -0.2) is 8.42 Å². The number of sulfonamides is 1. The molecule has 1 N–H and O–H groups in total. The van der Waals surface area contributed by atoms with Crippen LogP contribution in [0.2, 0.25) is 0 Å². The average molecular weight is 446 g/mol. The molecule has 0 amide bonds. The normalized spacial score (nSPS) is 12.7. The van der Waals surface area contributed by atoms with Crippen LogP contribution in [-0.4, -0.2) is 47.9 Å². The Kier molecular flexibility index (Phi) is 7.32. The van der Waals surface area contributed by atoms with E-state index in [0.29, 0.717) is 11.5 Å². The molecule has 0 saturated carbocycles. The van der Waals surface area contributed by atoms with Crippen LogP contribution in [0.1, 0.15) is 18.1 Å². The van der Waals surface area contributed by atoms with Gasteiger partial charge in [0, 0.05) is 19.3 Å². The monoisotopic (exact) mass is 445 g/mol. The summed E-state index contributed by atoms with van der Waals surface area (Å²) in [5.41, 5.74) is 1.64. The number of hydrogen-bond acceptors (Lipinski definition) is 6. The van der Waals surface area contributed by atoms with Gasteiger partial charge in [0.25, 0.3) is 10.0 Å².